The Labute approximate surface area is 108 Å². The van der Waals surface area contributed by atoms with Crippen LogP contribution in [0.2, 0.25) is 0 Å². The van der Waals surface area contributed by atoms with Crippen LogP contribution in [0.1, 0.15) is 17.3 Å². The first-order chi connectivity index (χ1) is 8.16. The minimum atomic E-state index is -0.425. The Morgan fingerprint density at radius 3 is 2.82 bits per heavy atom. The standard InChI is InChI=1S/C13H12BrFN2/c14-10-4-1-3-9(7-10)8-12(16)13-11(15)5-2-6-17-13/h1-7,12H,8,16H2. The largest absolute Gasteiger partial charge is 0.322 e. The monoisotopic (exact) mass is 294 g/mol. The topological polar surface area (TPSA) is 38.9 Å². The van der Waals surface area contributed by atoms with Crippen LogP contribution in [-0.2, 0) is 6.42 Å². The molecule has 0 saturated carbocycles. The van der Waals surface area contributed by atoms with Crippen LogP contribution >= 0.6 is 15.9 Å². The fourth-order valence-corrected chi connectivity index (χ4v) is 2.13. The van der Waals surface area contributed by atoms with Gasteiger partial charge in [0.15, 0.2) is 0 Å². The van der Waals surface area contributed by atoms with Crippen molar-refractivity contribution in [2.75, 3.05) is 0 Å². The summed E-state index contributed by atoms with van der Waals surface area (Å²) in [5.74, 6) is -0.352. The third kappa shape index (κ3) is 3.11. The summed E-state index contributed by atoms with van der Waals surface area (Å²) in [7, 11) is 0. The summed E-state index contributed by atoms with van der Waals surface area (Å²) in [5.41, 5.74) is 7.33. The van der Waals surface area contributed by atoms with Gasteiger partial charge in [0, 0.05) is 10.7 Å². The van der Waals surface area contributed by atoms with Gasteiger partial charge in [0.2, 0.25) is 0 Å². The molecular formula is C13H12BrFN2. The normalized spacial score (nSPS) is 12.4. The average molecular weight is 295 g/mol. The molecule has 0 aliphatic heterocycles. The highest BCUT2D eigenvalue weighted by Crippen LogP contribution is 2.19. The van der Waals surface area contributed by atoms with Crippen molar-refractivity contribution in [1.82, 2.24) is 4.98 Å². The maximum atomic E-state index is 13.5. The van der Waals surface area contributed by atoms with E-state index in [-0.39, 0.29) is 5.82 Å². The molecule has 1 aromatic carbocycles. The molecule has 4 heteroatoms. The Kier molecular flexibility index (Phi) is 3.86. The fraction of sp³-hybridized carbons (Fsp3) is 0.154. The van der Waals surface area contributed by atoms with Crippen LogP contribution in [-0.4, -0.2) is 4.98 Å². The van der Waals surface area contributed by atoms with E-state index in [1.165, 1.54) is 6.07 Å². The first-order valence-corrected chi connectivity index (χ1v) is 6.06. The van der Waals surface area contributed by atoms with Gasteiger partial charge >= 0.3 is 0 Å². The Morgan fingerprint density at radius 2 is 2.12 bits per heavy atom. The smallest absolute Gasteiger partial charge is 0.146 e. The van der Waals surface area contributed by atoms with Crippen molar-refractivity contribution in [2.24, 2.45) is 5.73 Å². The molecule has 2 nitrogen and oxygen atoms in total. The van der Waals surface area contributed by atoms with Crippen LogP contribution < -0.4 is 5.73 Å². The third-order valence-electron chi connectivity index (χ3n) is 2.48. The highest BCUT2D eigenvalue weighted by molar-refractivity contribution is 9.10. The van der Waals surface area contributed by atoms with Crippen molar-refractivity contribution >= 4 is 15.9 Å². The van der Waals surface area contributed by atoms with Gasteiger partial charge in [0.1, 0.15) is 5.82 Å². The van der Waals surface area contributed by atoms with Crippen LogP contribution in [0.4, 0.5) is 4.39 Å². The second-order valence-corrected chi connectivity index (χ2v) is 4.73. The second kappa shape index (κ2) is 5.38. The van der Waals surface area contributed by atoms with Crippen LogP contribution in [0.15, 0.2) is 47.1 Å². The minimum Gasteiger partial charge on any atom is -0.322 e. The lowest BCUT2D eigenvalue weighted by Crippen LogP contribution is -2.16. The van der Waals surface area contributed by atoms with E-state index in [0.717, 1.165) is 10.0 Å². The maximum Gasteiger partial charge on any atom is 0.146 e. The molecule has 0 saturated heterocycles. The molecule has 2 aromatic rings. The van der Waals surface area contributed by atoms with E-state index in [2.05, 4.69) is 20.9 Å². The first kappa shape index (κ1) is 12.2. The van der Waals surface area contributed by atoms with E-state index in [4.69, 9.17) is 5.73 Å². The highest BCUT2D eigenvalue weighted by atomic mass is 79.9. The number of nitrogens with zero attached hydrogens (tertiary/aromatic N) is 1. The van der Waals surface area contributed by atoms with Gasteiger partial charge in [-0.15, -0.1) is 0 Å². The predicted octanol–water partition coefficient (Wildman–Crippen LogP) is 3.23. The van der Waals surface area contributed by atoms with Crippen LogP contribution in [0.5, 0.6) is 0 Å². The van der Waals surface area contributed by atoms with Gasteiger partial charge in [0.25, 0.3) is 0 Å². The van der Waals surface area contributed by atoms with Gasteiger partial charge in [-0.1, -0.05) is 28.1 Å². The molecule has 0 aliphatic rings. The van der Waals surface area contributed by atoms with E-state index < -0.39 is 6.04 Å². The summed E-state index contributed by atoms with van der Waals surface area (Å²) in [5, 5.41) is 0. The zero-order valence-electron chi connectivity index (χ0n) is 9.11. The van der Waals surface area contributed by atoms with E-state index in [0.29, 0.717) is 12.1 Å². The van der Waals surface area contributed by atoms with E-state index >= 15 is 0 Å². The highest BCUT2D eigenvalue weighted by Gasteiger charge is 2.13. The number of aromatic nitrogens is 1. The van der Waals surface area contributed by atoms with Crippen molar-refractivity contribution < 1.29 is 4.39 Å². The molecule has 1 aromatic heterocycles. The zero-order valence-corrected chi connectivity index (χ0v) is 10.7. The third-order valence-corrected chi connectivity index (χ3v) is 2.98. The summed E-state index contributed by atoms with van der Waals surface area (Å²) in [6.45, 7) is 0. The molecule has 1 heterocycles. The van der Waals surface area contributed by atoms with Gasteiger partial charge in [-0.2, -0.15) is 0 Å². The van der Waals surface area contributed by atoms with Crippen molar-refractivity contribution in [1.29, 1.82) is 0 Å². The van der Waals surface area contributed by atoms with Crippen LogP contribution in [0, 0.1) is 5.82 Å². The number of rotatable bonds is 3. The lowest BCUT2D eigenvalue weighted by atomic mass is 10.0. The summed E-state index contributed by atoms with van der Waals surface area (Å²) >= 11 is 3.39. The summed E-state index contributed by atoms with van der Waals surface area (Å²) in [4.78, 5) is 3.99. The number of nitrogens with two attached hydrogens (primary N) is 1. The quantitative estimate of drug-likeness (QED) is 0.944. The summed E-state index contributed by atoms with van der Waals surface area (Å²) in [6, 6.07) is 10.3. The molecule has 0 fully saturated rings. The van der Waals surface area contributed by atoms with E-state index in [1.807, 2.05) is 24.3 Å². The lowest BCUT2D eigenvalue weighted by Gasteiger charge is -2.11. The second-order valence-electron chi connectivity index (χ2n) is 3.81. The molecule has 0 aliphatic carbocycles. The molecule has 0 bridgehead atoms. The first-order valence-electron chi connectivity index (χ1n) is 5.27. The molecule has 2 N–H and O–H groups in total. The Balaban J connectivity index is 2.17. The van der Waals surface area contributed by atoms with Gasteiger partial charge in [-0.05, 0) is 36.2 Å². The predicted molar refractivity (Wildman–Crippen MR) is 69.0 cm³/mol. The average Bonchev–Trinajstić information content (AvgIpc) is 2.29. The van der Waals surface area contributed by atoms with Crippen molar-refractivity contribution in [3.8, 4) is 0 Å². The van der Waals surface area contributed by atoms with Crippen LogP contribution in [0.3, 0.4) is 0 Å². The molecule has 1 atom stereocenters. The van der Waals surface area contributed by atoms with Crippen molar-refractivity contribution in [3.63, 3.8) is 0 Å². The van der Waals surface area contributed by atoms with Gasteiger partial charge < -0.3 is 5.73 Å². The molecule has 1 unspecified atom stereocenters. The fourth-order valence-electron chi connectivity index (χ4n) is 1.69. The molecule has 88 valence electrons. The summed E-state index contributed by atoms with van der Waals surface area (Å²) < 4.78 is 14.5. The molecule has 0 radical (unpaired) electrons. The minimum absolute atomic E-state index is 0.312. The molecular weight excluding hydrogens is 283 g/mol. The maximum absolute atomic E-state index is 13.5. The SMILES string of the molecule is NC(Cc1cccc(Br)c1)c1ncccc1F. The van der Waals surface area contributed by atoms with E-state index in [9.17, 15) is 4.39 Å². The zero-order chi connectivity index (χ0) is 12.3. The number of hydrogen-bond acceptors (Lipinski definition) is 2. The lowest BCUT2D eigenvalue weighted by molar-refractivity contribution is 0.564. The number of hydrogen-bond donors (Lipinski definition) is 1. The molecule has 2 rings (SSSR count). The van der Waals surface area contributed by atoms with Crippen molar-refractivity contribution in [2.45, 2.75) is 12.5 Å². The van der Waals surface area contributed by atoms with Crippen molar-refractivity contribution in [3.05, 3.63) is 64.1 Å². The molecule has 17 heavy (non-hydrogen) atoms. The Bertz CT molecular complexity index is 516. The van der Waals surface area contributed by atoms with Gasteiger partial charge in [-0.3, -0.25) is 4.98 Å². The Morgan fingerprint density at radius 1 is 1.29 bits per heavy atom. The molecule has 0 amide bonds. The number of halogens is 2. The summed E-state index contributed by atoms with van der Waals surface area (Å²) in [6.07, 6.45) is 2.12. The number of pyridine rings is 1. The molecule has 0 spiro atoms. The number of benzene rings is 1. The van der Waals surface area contributed by atoms with Gasteiger partial charge in [-0.25, -0.2) is 4.39 Å². The Hall–Kier alpha value is -1.26. The van der Waals surface area contributed by atoms with Crippen LogP contribution in [0.25, 0.3) is 0 Å². The van der Waals surface area contributed by atoms with Gasteiger partial charge in [0.05, 0.1) is 11.7 Å². The van der Waals surface area contributed by atoms with E-state index in [1.54, 1.807) is 12.3 Å².